The van der Waals surface area contributed by atoms with E-state index in [-0.39, 0.29) is 36.6 Å². The minimum atomic E-state index is -0.663. The van der Waals surface area contributed by atoms with E-state index in [0.29, 0.717) is 61.5 Å². The first-order chi connectivity index (χ1) is 30.7. The van der Waals surface area contributed by atoms with Crippen molar-refractivity contribution in [2.24, 2.45) is 5.73 Å². The molecule has 0 radical (unpaired) electrons. The van der Waals surface area contributed by atoms with Crippen molar-refractivity contribution in [3.8, 4) is 11.8 Å². The highest BCUT2D eigenvalue weighted by molar-refractivity contribution is 6.04. The van der Waals surface area contributed by atoms with Crippen LogP contribution in [0.15, 0.2) is 54.9 Å². The highest BCUT2D eigenvalue weighted by atomic mass is 16.5. The van der Waals surface area contributed by atoms with Crippen molar-refractivity contribution in [1.29, 1.82) is 0 Å². The maximum atomic E-state index is 13.2. The average Bonchev–Trinajstić information content (AvgIpc) is 3.97. The van der Waals surface area contributed by atoms with Crippen molar-refractivity contribution < 1.29 is 23.9 Å². The highest BCUT2D eigenvalue weighted by Crippen LogP contribution is 2.40. The Kier molecular flexibility index (Phi) is 15.3. The van der Waals surface area contributed by atoms with Gasteiger partial charge in [0.15, 0.2) is 5.82 Å². The van der Waals surface area contributed by atoms with Gasteiger partial charge >= 0.3 is 0 Å². The number of rotatable bonds is 18. The number of nitrogens with two attached hydrogens (primary N) is 1. The van der Waals surface area contributed by atoms with Crippen LogP contribution in [0.4, 0.5) is 23.1 Å². The molecule has 2 aliphatic heterocycles. The van der Waals surface area contributed by atoms with Gasteiger partial charge < -0.3 is 51.2 Å². The second kappa shape index (κ2) is 21.4. The second-order valence-corrected chi connectivity index (χ2v) is 16.9. The molecular formula is C48H62N10O5. The van der Waals surface area contributed by atoms with E-state index in [1.165, 1.54) is 17.7 Å². The summed E-state index contributed by atoms with van der Waals surface area (Å²) >= 11 is 0. The number of ether oxygens (including phenoxy) is 1. The topological polar surface area (TPSA) is 187 Å². The van der Waals surface area contributed by atoms with Crippen molar-refractivity contribution in [2.75, 3.05) is 49.0 Å². The van der Waals surface area contributed by atoms with Crippen LogP contribution in [-0.4, -0.2) is 103 Å². The summed E-state index contributed by atoms with van der Waals surface area (Å²) in [6, 6.07) is 13.6. The molecule has 0 saturated heterocycles. The molecule has 0 bridgehead atoms. The van der Waals surface area contributed by atoms with Crippen LogP contribution < -0.4 is 36.8 Å². The number of nitrogens with zero attached hydrogens (tertiary/aromatic N) is 5. The molecule has 63 heavy (non-hydrogen) atoms. The standard InChI is InChI=1S/C48H62N10O5/c1-4-42-47(62)56(3)43-29-53-48(55-45(43)58(42)37-12-5-6-13-37)54-36-17-15-33(16-18-36)41(49)28-52-35-21-19-34(20-22-35)51-25-27-63-26-8-7-10-32-11-9-14-39-40(32)30-57(46(39)61)38(31-59)23-24-44(60)50-2/h9,11,14-18,28-29,31,34-35,37-38,42,51-52H,4-6,8,12-13,19-27,30,49H2,1-3H3,(H,50,60)(H,53,54,55)/b41-28-/t34?,35?,38?,42-/m1/s1. The summed E-state index contributed by atoms with van der Waals surface area (Å²) in [5.74, 6) is 7.42. The Morgan fingerprint density at radius 2 is 1.79 bits per heavy atom. The monoisotopic (exact) mass is 858 g/mol. The molecule has 15 nitrogen and oxygen atoms in total. The number of aldehydes is 1. The summed E-state index contributed by atoms with van der Waals surface area (Å²) < 4.78 is 5.85. The fraction of sp³-hybridized carbons (Fsp3) is 0.500. The van der Waals surface area contributed by atoms with Crippen LogP contribution in [0.1, 0.15) is 111 Å². The summed E-state index contributed by atoms with van der Waals surface area (Å²) in [5, 5.41) is 13.1. The Balaban J connectivity index is 0.798. The van der Waals surface area contributed by atoms with Gasteiger partial charge in [0, 0.05) is 81.2 Å². The van der Waals surface area contributed by atoms with Gasteiger partial charge in [0.1, 0.15) is 18.0 Å². The van der Waals surface area contributed by atoms with Crippen molar-refractivity contribution in [3.63, 3.8) is 0 Å². The number of likely N-dealkylation sites (N-methyl/N-ethyl adjacent to an activating group) is 1. The zero-order valence-corrected chi connectivity index (χ0v) is 36.8. The van der Waals surface area contributed by atoms with Gasteiger partial charge in [0.25, 0.3) is 5.91 Å². The molecule has 4 aliphatic rings. The molecule has 0 spiro atoms. The molecule has 2 saturated carbocycles. The molecule has 6 N–H and O–H groups in total. The molecule has 3 aromatic rings. The number of aromatic nitrogens is 2. The molecule has 7 rings (SSSR count). The predicted molar refractivity (Wildman–Crippen MR) is 245 cm³/mol. The Bertz CT molecular complexity index is 2190. The first-order valence-corrected chi connectivity index (χ1v) is 22.6. The van der Waals surface area contributed by atoms with Crippen LogP contribution in [0.25, 0.3) is 5.70 Å². The second-order valence-electron chi connectivity index (χ2n) is 16.9. The first-order valence-electron chi connectivity index (χ1n) is 22.6. The van der Waals surface area contributed by atoms with Gasteiger partial charge in [0.2, 0.25) is 17.8 Å². The Labute approximate surface area is 371 Å². The van der Waals surface area contributed by atoms with Gasteiger partial charge in [0.05, 0.1) is 31.1 Å². The fourth-order valence-electron chi connectivity index (χ4n) is 9.23. The number of hydrogen-bond acceptors (Lipinski definition) is 12. The number of carbonyl (C=O) groups excluding carboxylic acids is 4. The van der Waals surface area contributed by atoms with Gasteiger partial charge in [-0.3, -0.25) is 14.4 Å². The molecular weight excluding hydrogens is 797 g/mol. The predicted octanol–water partition coefficient (Wildman–Crippen LogP) is 4.98. The number of amides is 3. The Morgan fingerprint density at radius 3 is 2.52 bits per heavy atom. The van der Waals surface area contributed by atoms with Crippen molar-refractivity contribution in [3.05, 3.63) is 77.1 Å². The van der Waals surface area contributed by atoms with Crippen molar-refractivity contribution in [1.82, 2.24) is 30.8 Å². The highest BCUT2D eigenvalue weighted by Gasteiger charge is 2.41. The van der Waals surface area contributed by atoms with E-state index < -0.39 is 6.04 Å². The number of carbonyl (C=O) groups is 4. The van der Waals surface area contributed by atoms with Crippen LogP contribution >= 0.6 is 0 Å². The lowest BCUT2D eigenvalue weighted by Crippen LogP contribution is -2.55. The maximum Gasteiger partial charge on any atom is 0.255 e. The SMILES string of the molecule is CC[C@@H]1C(=O)N(C)c2cnc(Nc3ccc(/C(N)=C/NC4CCC(NCCOCCC#Cc5cccc6c5CN(C(C=O)CCC(=O)NC)C6=O)CC4)cc3)nc2N1C1CCCC1. The Morgan fingerprint density at radius 1 is 1.03 bits per heavy atom. The van der Waals surface area contributed by atoms with Gasteiger partial charge in [-0.05, 0) is 86.8 Å². The van der Waals surface area contributed by atoms with E-state index in [0.717, 1.165) is 91.7 Å². The third-order valence-electron chi connectivity index (χ3n) is 12.9. The lowest BCUT2D eigenvalue weighted by Gasteiger charge is -2.43. The first kappa shape index (κ1) is 45.1. The summed E-state index contributed by atoms with van der Waals surface area (Å²) in [6.07, 6.45) is 14.9. The summed E-state index contributed by atoms with van der Waals surface area (Å²) in [4.78, 5) is 64.8. The van der Waals surface area contributed by atoms with Crippen LogP contribution in [0.3, 0.4) is 0 Å². The number of anilines is 4. The number of nitrogens with one attached hydrogen (secondary N) is 4. The van der Waals surface area contributed by atoms with Gasteiger partial charge in [-0.15, -0.1) is 0 Å². The molecule has 2 fully saturated rings. The molecule has 1 aromatic heterocycles. The van der Waals surface area contributed by atoms with Crippen LogP contribution in [0.2, 0.25) is 0 Å². The Hall–Kier alpha value is -5.98. The molecule has 15 heteroatoms. The minimum absolute atomic E-state index is 0.102. The summed E-state index contributed by atoms with van der Waals surface area (Å²) in [7, 11) is 3.36. The largest absolute Gasteiger partial charge is 0.397 e. The average molecular weight is 859 g/mol. The number of fused-ring (bicyclic) bond motifs is 2. The van der Waals surface area contributed by atoms with Gasteiger partial charge in [-0.25, -0.2) is 4.98 Å². The molecule has 3 amide bonds. The van der Waals surface area contributed by atoms with E-state index in [1.54, 1.807) is 24.2 Å². The molecule has 2 aromatic carbocycles. The molecule has 3 heterocycles. The van der Waals surface area contributed by atoms with Crippen LogP contribution in [0, 0.1) is 11.8 Å². The van der Waals surface area contributed by atoms with Crippen LogP contribution in [0.5, 0.6) is 0 Å². The number of benzene rings is 2. The van der Waals surface area contributed by atoms with Crippen molar-refractivity contribution in [2.45, 2.75) is 121 Å². The summed E-state index contributed by atoms with van der Waals surface area (Å²) in [5.41, 5.74) is 11.9. The molecule has 2 aliphatic carbocycles. The zero-order chi connectivity index (χ0) is 44.3. The van der Waals surface area contributed by atoms with E-state index in [9.17, 15) is 19.2 Å². The lowest BCUT2D eigenvalue weighted by molar-refractivity contribution is -0.121. The fourth-order valence-corrected chi connectivity index (χ4v) is 9.23. The maximum absolute atomic E-state index is 13.2. The van der Waals surface area contributed by atoms with E-state index in [1.807, 2.05) is 49.6 Å². The lowest BCUT2D eigenvalue weighted by atomic mass is 9.91. The van der Waals surface area contributed by atoms with E-state index in [2.05, 4.69) is 49.9 Å². The van der Waals surface area contributed by atoms with Crippen molar-refractivity contribution >= 4 is 52.8 Å². The normalized spacial score (nSPS) is 20.5. The quantitative estimate of drug-likeness (QED) is 0.0658. The minimum Gasteiger partial charge on any atom is -0.397 e. The van der Waals surface area contributed by atoms with E-state index in [4.69, 9.17) is 15.5 Å². The smallest absolute Gasteiger partial charge is 0.255 e. The number of hydrogen-bond donors (Lipinski definition) is 5. The third kappa shape index (κ3) is 10.8. The van der Waals surface area contributed by atoms with Gasteiger partial charge in [-0.1, -0.05) is 49.8 Å². The molecule has 334 valence electrons. The third-order valence-corrected chi connectivity index (χ3v) is 12.9. The molecule has 1 unspecified atom stereocenters. The zero-order valence-electron chi connectivity index (χ0n) is 36.8. The van der Waals surface area contributed by atoms with Crippen LogP contribution in [-0.2, 0) is 25.7 Å². The molecule has 2 atom stereocenters. The van der Waals surface area contributed by atoms with Gasteiger partial charge in [-0.2, -0.15) is 4.98 Å². The summed E-state index contributed by atoms with van der Waals surface area (Å²) in [6.45, 7) is 4.24. The van der Waals surface area contributed by atoms with E-state index >= 15 is 0 Å².